The average molecular weight is 450 g/mol. The first-order valence-electron chi connectivity index (χ1n) is 9.69. The van der Waals surface area contributed by atoms with Gasteiger partial charge < -0.3 is 15.2 Å². The van der Waals surface area contributed by atoms with Gasteiger partial charge in [-0.3, -0.25) is 0 Å². The zero-order chi connectivity index (χ0) is 23.5. The molecule has 0 bridgehead atoms. The first-order chi connectivity index (χ1) is 15.3. The van der Waals surface area contributed by atoms with Gasteiger partial charge in [0.1, 0.15) is 10.6 Å². The lowest BCUT2D eigenvalue weighted by molar-refractivity contribution is 0.0595. The molecule has 0 unspecified atom stereocenters. The Labute approximate surface area is 187 Å². The summed E-state index contributed by atoms with van der Waals surface area (Å²) in [5.41, 5.74) is 8.14. The maximum absolute atomic E-state index is 13.7. The number of ether oxygens (including phenoxy) is 2. The van der Waals surface area contributed by atoms with Crippen LogP contribution in [0.1, 0.15) is 32.6 Å². The van der Waals surface area contributed by atoms with Crippen molar-refractivity contribution in [2.24, 2.45) is 0 Å². The highest BCUT2D eigenvalue weighted by Gasteiger charge is 2.33. The molecule has 3 rings (SSSR count). The SMILES string of the molecule is C#Cc1c(N)c(C)c(Cc2ccccc2)c(C(=O)OC)c1S(=O)(=O)c1ccc(OC)cc1. The Balaban J connectivity index is 2.39. The Hall–Kier alpha value is -3.76. The zero-order valence-corrected chi connectivity index (χ0v) is 18.8. The number of hydrogen-bond acceptors (Lipinski definition) is 6. The van der Waals surface area contributed by atoms with Gasteiger partial charge in [0.15, 0.2) is 0 Å². The number of sulfone groups is 1. The third-order valence-corrected chi connectivity index (χ3v) is 7.12. The maximum atomic E-state index is 13.7. The highest BCUT2D eigenvalue weighted by atomic mass is 32.2. The Morgan fingerprint density at radius 3 is 2.22 bits per heavy atom. The number of anilines is 1. The van der Waals surface area contributed by atoms with Gasteiger partial charge in [-0.05, 0) is 54.3 Å². The topological polar surface area (TPSA) is 95.7 Å². The van der Waals surface area contributed by atoms with E-state index in [0.29, 0.717) is 16.9 Å². The van der Waals surface area contributed by atoms with Crippen LogP contribution in [0.15, 0.2) is 64.4 Å². The van der Waals surface area contributed by atoms with Gasteiger partial charge in [-0.25, -0.2) is 13.2 Å². The lowest BCUT2D eigenvalue weighted by atomic mass is 9.91. The summed E-state index contributed by atoms with van der Waals surface area (Å²) in [6.45, 7) is 1.71. The fourth-order valence-electron chi connectivity index (χ4n) is 3.55. The third-order valence-electron chi connectivity index (χ3n) is 5.28. The van der Waals surface area contributed by atoms with Crippen LogP contribution in [0, 0.1) is 19.3 Å². The van der Waals surface area contributed by atoms with E-state index in [1.54, 1.807) is 6.92 Å². The molecule has 32 heavy (non-hydrogen) atoms. The minimum atomic E-state index is -4.23. The van der Waals surface area contributed by atoms with Crippen molar-refractivity contribution in [1.29, 1.82) is 0 Å². The minimum Gasteiger partial charge on any atom is -0.497 e. The van der Waals surface area contributed by atoms with Crippen molar-refractivity contribution in [3.8, 4) is 18.1 Å². The monoisotopic (exact) mass is 449 g/mol. The van der Waals surface area contributed by atoms with Crippen molar-refractivity contribution in [1.82, 2.24) is 0 Å². The van der Waals surface area contributed by atoms with Gasteiger partial charge in [-0.15, -0.1) is 6.42 Å². The van der Waals surface area contributed by atoms with Crippen molar-refractivity contribution >= 4 is 21.5 Å². The molecular formula is C25H23NO5S. The minimum absolute atomic E-state index is 0.0473. The lowest BCUT2D eigenvalue weighted by Crippen LogP contribution is -2.19. The second-order valence-electron chi connectivity index (χ2n) is 7.07. The molecule has 0 aliphatic rings. The molecule has 0 amide bonds. The quantitative estimate of drug-likeness (QED) is 0.350. The lowest BCUT2D eigenvalue weighted by Gasteiger charge is -2.21. The van der Waals surface area contributed by atoms with Gasteiger partial charge in [0, 0.05) is 0 Å². The molecule has 0 aliphatic carbocycles. The Kier molecular flexibility index (Phi) is 6.56. The fraction of sp³-hybridized carbons (Fsp3) is 0.160. The van der Waals surface area contributed by atoms with Gasteiger partial charge in [0.25, 0.3) is 0 Å². The molecule has 0 spiro atoms. The molecule has 3 aromatic carbocycles. The fourth-order valence-corrected chi connectivity index (χ4v) is 5.19. The number of methoxy groups -OCH3 is 2. The number of nitrogens with two attached hydrogens (primary N) is 1. The van der Waals surface area contributed by atoms with Gasteiger partial charge in [0.05, 0.1) is 35.9 Å². The predicted octanol–water partition coefficient (Wildman–Crippen LogP) is 3.78. The molecule has 3 aromatic rings. The summed E-state index contributed by atoms with van der Waals surface area (Å²) in [6, 6.07) is 15.2. The summed E-state index contributed by atoms with van der Waals surface area (Å²) in [7, 11) is -1.55. The number of carbonyl (C=O) groups is 1. The van der Waals surface area contributed by atoms with E-state index in [0.717, 1.165) is 5.56 Å². The van der Waals surface area contributed by atoms with Crippen LogP contribution >= 0.6 is 0 Å². The Bertz CT molecular complexity index is 1310. The maximum Gasteiger partial charge on any atom is 0.339 e. The first-order valence-corrected chi connectivity index (χ1v) is 11.2. The molecule has 7 heteroatoms. The van der Waals surface area contributed by atoms with E-state index in [-0.39, 0.29) is 33.0 Å². The largest absolute Gasteiger partial charge is 0.497 e. The van der Waals surface area contributed by atoms with E-state index < -0.39 is 15.8 Å². The summed E-state index contributed by atoms with van der Waals surface area (Å²) in [4.78, 5) is 12.6. The molecule has 0 heterocycles. The summed E-state index contributed by atoms with van der Waals surface area (Å²) in [5, 5.41) is 0. The number of terminal acetylenes is 1. The third kappa shape index (κ3) is 4.05. The summed E-state index contributed by atoms with van der Waals surface area (Å²) in [5.74, 6) is 2.06. The predicted molar refractivity (Wildman–Crippen MR) is 123 cm³/mol. The van der Waals surface area contributed by atoms with Crippen LogP contribution in [-0.2, 0) is 21.0 Å². The van der Waals surface area contributed by atoms with Gasteiger partial charge in [-0.1, -0.05) is 36.3 Å². The van der Waals surface area contributed by atoms with Crippen LogP contribution in [0.3, 0.4) is 0 Å². The zero-order valence-electron chi connectivity index (χ0n) is 18.0. The molecular weight excluding hydrogens is 426 g/mol. The smallest absolute Gasteiger partial charge is 0.339 e. The van der Waals surface area contributed by atoms with Crippen molar-refractivity contribution in [2.75, 3.05) is 20.0 Å². The van der Waals surface area contributed by atoms with Crippen LogP contribution in [0.5, 0.6) is 5.75 Å². The standard InChI is InChI=1S/C25H23NO5S/c1-5-20-23(26)16(2)21(15-17-9-7-6-8-10-17)22(25(27)31-4)24(20)32(28,29)19-13-11-18(30-3)12-14-19/h1,6-14H,15,26H2,2-4H3. The number of carbonyl (C=O) groups excluding carboxylic acids is 1. The summed E-state index contributed by atoms with van der Waals surface area (Å²) < 4.78 is 37.5. The van der Waals surface area contributed by atoms with Crippen LogP contribution < -0.4 is 10.5 Å². The molecule has 2 N–H and O–H groups in total. The molecule has 0 aliphatic heterocycles. The number of hydrogen-bond donors (Lipinski definition) is 1. The molecule has 0 atom stereocenters. The van der Waals surface area contributed by atoms with E-state index in [2.05, 4.69) is 5.92 Å². The van der Waals surface area contributed by atoms with Crippen LogP contribution in [0.25, 0.3) is 0 Å². The molecule has 0 aromatic heterocycles. The Morgan fingerprint density at radius 1 is 1.06 bits per heavy atom. The molecule has 164 valence electrons. The van der Waals surface area contributed by atoms with Crippen LogP contribution in [-0.4, -0.2) is 28.6 Å². The van der Waals surface area contributed by atoms with E-state index in [9.17, 15) is 13.2 Å². The van der Waals surface area contributed by atoms with Crippen molar-refractivity contribution in [3.05, 3.63) is 82.4 Å². The molecule has 6 nitrogen and oxygen atoms in total. The van der Waals surface area contributed by atoms with E-state index in [4.69, 9.17) is 21.6 Å². The molecule has 0 saturated heterocycles. The average Bonchev–Trinajstić information content (AvgIpc) is 2.82. The van der Waals surface area contributed by atoms with E-state index in [1.807, 2.05) is 30.3 Å². The summed E-state index contributed by atoms with van der Waals surface area (Å²) in [6.07, 6.45) is 5.96. The van der Waals surface area contributed by atoms with Gasteiger partial charge in [0.2, 0.25) is 9.84 Å². The Morgan fingerprint density at radius 2 is 1.69 bits per heavy atom. The van der Waals surface area contributed by atoms with E-state index >= 15 is 0 Å². The van der Waals surface area contributed by atoms with Crippen LogP contribution in [0.4, 0.5) is 5.69 Å². The first kappa shape index (κ1) is 22.9. The number of esters is 1. The molecule has 0 fully saturated rings. The van der Waals surface area contributed by atoms with Crippen molar-refractivity contribution < 1.29 is 22.7 Å². The summed E-state index contributed by atoms with van der Waals surface area (Å²) >= 11 is 0. The van der Waals surface area contributed by atoms with E-state index in [1.165, 1.54) is 38.5 Å². The van der Waals surface area contributed by atoms with Gasteiger partial charge in [-0.2, -0.15) is 0 Å². The molecule has 0 saturated carbocycles. The normalized spacial score (nSPS) is 10.9. The highest BCUT2D eigenvalue weighted by Crippen LogP contribution is 2.37. The highest BCUT2D eigenvalue weighted by molar-refractivity contribution is 7.91. The van der Waals surface area contributed by atoms with Crippen molar-refractivity contribution in [2.45, 2.75) is 23.1 Å². The van der Waals surface area contributed by atoms with Gasteiger partial charge >= 0.3 is 5.97 Å². The second-order valence-corrected chi connectivity index (χ2v) is 8.96. The van der Waals surface area contributed by atoms with Crippen molar-refractivity contribution in [3.63, 3.8) is 0 Å². The molecule has 0 radical (unpaired) electrons. The van der Waals surface area contributed by atoms with Crippen LogP contribution in [0.2, 0.25) is 0 Å². The number of benzene rings is 3. The number of nitrogen functional groups attached to an aromatic ring is 1. The number of rotatable bonds is 6. The second kappa shape index (κ2) is 9.16.